The lowest BCUT2D eigenvalue weighted by Gasteiger charge is -2.36. The molecule has 3 rings (SSSR count). The summed E-state index contributed by atoms with van der Waals surface area (Å²) in [6.07, 6.45) is 2.19. The molecule has 118 valence electrons. The van der Waals surface area contributed by atoms with E-state index in [0.717, 1.165) is 37.6 Å². The molecule has 2 aromatic rings. The molecule has 3 heterocycles. The van der Waals surface area contributed by atoms with Crippen molar-refractivity contribution in [3.8, 4) is 0 Å². The summed E-state index contributed by atoms with van der Waals surface area (Å²) in [5.74, 6) is 1.14. The monoisotopic (exact) mass is 302 g/mol. The molecule has 0 aromatic carbocycles. The van der Waals surface area contributed by atoms with Crippen LogP contribution in [-0.2, 0) is 4.79 Å². The normalized spacial score (nSPS) is 16.3. The van der Waals surface area contributed by atoms with Crippen molar-refractivity contribution in [2.75, 3.05) is 31.1 Å². The molecule has 1 aliphatic heterocycles. The topological polar surface area (TPSA) is 66.6 Å². The zero-order valence-electron chi connectivity index (χ0n) is 13.4. The highest BCUT2D eigenvalue weighted by molar-refractivity contribution is 5.77. The second kappa shape index (κ2) is 5.55. The third-order valence-electron chi connectivity index (χ3n) is 3.79. The smallest absolute Gasteiger partial charge is 0.223 e. The van der Waals surface area contributed by atoms with Crippen molar-refractivity contribution in [3.05, 3.63) is 18.5 Å². The Labute approximate surface area is 129 Å². The van der Waals surface area contributed by atoms with Crippen LogP contribution >= 0.6 is 0 Å². The number of carbonyl (C=O) groups is 1. The maximum atomic E-state index is 12.3. The van der Waals surface area contributed by atoms with Crippen LogP contribution in [0.25, 0.3) is 5.65 Å². The summed E-state index contributed by atoms with van der Waals surface area (Å²) in [4.78, 5) is 16.4. The van der Waals surface area contributed by atoms with Crippen LogP contribution in [0.5, 0.6) is 0 Å². The van der Waals surface area contributed by atoms with Gasteiger partial charge in [-0.1, -0.05) is 20.8 Å². The number of fused-ring (bicyclic) bond motifs is 1. The van der Waals surface area contributed by atoms with Gasteiger partial charge in [0.1, 0.15) is 12.1 Å². The van der Waals surface area contributed by atoms with Gasteiger partial charge in [0, 0.05) is 32.6 Å². The summed E-state index contributed by atoms with van der Waals surface area (Å²) in [6.45, 7) is 9.39. The maximum Gasteiger partial charge on any atom is 0.223 e. The fraction of sp³-hybridized carbons (Fsp3) is 0.600. The predicted octanol–water partition coefficient (Wildman–Crippen LogP) is 1.21. The lowest BCUT2D eigenvalue weighted by Crippen LogP contribution is -2.49. The Balaban J connectivity index is 1.62. The van der Waals surface area contributed by atoms with Crippen LogP contribution in [0, 0.1) is 5.41 Å². The Morgan fingerprint density at radius 1 is 1.18 bits per heavy atom. The van der Waals surface area contributed by atoms with Crippen LogP contribution in [0.2, 0.25) is 0 Å². The Kier molecular flexibility index (Phi) is 3.72. The summed E-state index contributed by atoms with van der Waals surface area (Å²) in [5, 5.41) is 12.3. The molecule has 7 heteroatoms. The molecule has 22 heavy (non-hydrogen) atoms. The first-order chi connectivity index (χ1) is 10.4. The molecule has 0 atom stereocenters. The minimum Gasteiger partial charge on any atom is -0.352 e. The molecule has 0 aliphatic carbocycles. The summed E-state index contributed by atoms with van der Waals surface area (Å²) >= 11 is 0. The van der Waals surface area contributed by atoms with Crippen molar-refractivity contribution in [1.29, 1.82) is 0 Å². The van der Waals surface area contributed by atoms with Crippen LogP contribution < -0.4 is 4.90 Å². The van der Waals surface area contributed by atoms with Crippen LogP contribution in [0.3, 0.4) is 0 Å². The Hall–Kier alpha value is -2.18. The minimum atomic E-state index is 0.0369. The van der Waals surface area contributed by atoms with Crippen LogP contribution in [-0.4, -0.2) is 56.8 Å². The van der Waals surface area contributed by atoms with E-state index in [-0.39, 0.29) is 11.3 Å². The first kappa shape index (κ1) is 14.7. The number of amides is 1. The van der Waals surface area contributed by atoms with Crippen LogP contribution in [0.15, 0.2) is 18.5 Å². The van der Waals surface area contributed by atoms with Gasteiger partial charge >= 0.3 is 0 Å². The summed E-state index contributed by atoms with van der Waals surface area (Å²) in [7, 11) is 0. The number of nitrogens with zero attached hydrogens (tertiary/aromatic N) is 6. The van der Waals surface area contributed by atoms with Gasteiger partial charge in [0.2, 0.25) is 5.91 Å². The molecule has 0 bridgehead atoms. The second-order valence-corrected chi connectivity index (χ2v) is 6.93. The van der Waals surface area contributed by atoms with E-state index in [1.54, 1.807) is 10.8 Å². The van der Waals surface area contributed by atoms with Crippen molar-refractivity contribution >= 4 is 17.4 Å². The van der Waals surface area contributed by atoms with Gasteiger partial charge < -0.3 is 9.80 Å². The maximum absolute atomic E-state index is 12.3. The number of aromatic nitrogens is 4. The van der Waals surface area contributed by atoms with E-state index in [0.29, 0.717) is 6.42 Å². The van der Waals surface area contributed by atoms with Gasteiger partial charge in [-0.3, -0.25) is 4.79 Å². The average molecular weight is 302 g/mol. The molecule has 1 fully saturated rings. The van der Waals surface area contributed by atoms with Crippen LogP contribution in [0.4, 0.5) is 5.82 Å². The quantitative estimate of drug-likeness (QED) is 0.834. The minimum absolute atomic E-state index is 0.0369. The highest BCUT2D eigenvalue weighted by Gasteiger charge is 2.25. The van der Waals surface area contributed by atoms with E-state index in [9.17, 15) is 4.79 Å². The van der Waals surface area contributed by atoms with E-state index in [1.807, 2.05) is 17.0 Å². The standard InChI is InChI=1S/C15H22N6O/c1-15(2,3)10-14(22)20-8-6-19(7-9-20)13-5-4-12-17-16-11-21(12)18-13/h4-5,11H,6-10H2,1-3H3. The van der Waals surface area contributed by atoms with E-state index in [4.69, 9.17) is 0 Å². The Morgan fingerprint density at radius 3 is 2.59 bits per heavy atom. The third kappa shape index (κ3) is 3.18. The zero-order valence-corrected chi connectivity index (χ0v) is 13.4. The molecule has 1 amide bonds. The van der Waals surface area contributed by atoms with Crippen LogP contribution in [0.1, 0.15) is 27.2 Å². The average Bonchev–Trinajstić information content (AvgIpc) is 2.93. The van der Waals surface area contributed by atoms with Crippen molar-refractivity contribution in [2.45, 2.75) is 27.2 Å². The lowest BCUT2D eigenvalue weighted by molar-refractivity contribution is -0.133. The highest BCUT2D eigenvalue weighted by atomic mass is 16.2. The van der Waals surface area contributed by atoms with Crippen molar-refractivity contribution in [2.24, 2.45) is 5.41 Å². The number of hydrogen-bond donors (Lipinski definition) is 0. The molecule has 1 saturated heterocycles. The van der Waals surface area contributed by atoms with Gasteiger partial charge in [-0.15, -0.1) is 15.3 Å². The molecular weight excluding hydrogens is 280 g/mol. The molecule has 0 saturated carbocycles. The third-order valence-corrected chi connectivity index (χ3v) is 3.79. The van der Waals surface area contributed by atoms with Crippen molar-refractivity contribution in [3.63, 3.8) is 0 Å². The van der Waals surface area contributed by atoms with Gasteiger partial charge in [-0.25, -0.2) is 0 Å². The molecule has 0 unspecified atom stereocenters. The van der Waals surface area contributed by atoms with Gasteiger partial charge in [-0.2, -0.15) is 4.52 Å². The highest BCUT2D eigenvalue weighted by Crippen LogP contribution is 2.21. The van der Waals surface area contributed by atoms with Gasteiger partial charge in [0.25, 0.3) is 0 Å². The zero-order chi connectivity index (χ0) is 15.7. The lowest BCUT2D eigenvalue weighted by atomic mass is 9.91. The van der Waals surface area contributed by atoms with Gasteiger partial charge in [-0.05, 0) is 17.5 Å². The molecule has 1 aliphatic rings. The van der Waals surface area contributed by atoms with Gasteiger partial charge in [0.05, 0.1) is 0 Å². The number of rotatable bonds is 2. The molecule has 7 nitrogen and oxygen atoms in total. The summed E-state index contributed by atoms with van der Waals surface area (Å²) in [6, 6.07) is 3.86. The fourth-order valence-electron chi connectivity index (χ4n) is 2.64. The van der Waals surface area contributed by atoms with Crippen molar-refractivity contribution in [1.82, 2.24) is 24.7 Å². The van der Waals surface area contributed by atoms with E-state index in [2.05, 4.69) is 41.0 Å². The van der Waals surface area contributed by atoms with E-state index < -0.39 is 0 Å². The number of hydrogen-bond acceptors (Lipinski definition) is 5. The summed E-state index contributed by atoms with van der Waals surface area (Å²) < 4.78 is 1.67. The predicted molar refractivity (Wildman–Crippen MR) is 83.6 cm³/mol. The Bertz CT molecular complexity index is 666. The molecule has 2 aromatic heterocycles. The van der Waals surface area contributed by atoms with Gasteiger partial charge in [0.15, 0.2) is 5.65 Å². The molecular formula is C15H22N6O. The molecule has 0 spiro atoms. The fourth-order valence-corrected chi connectivity index (χ4v) is 2.64. The van der Waals surface area contributed by atoms with Crippen molar-refractivity contribution < 1.29 is 4.79 Å². The molecule has 0 radical (unpaired) electrons. The SMILES string of the molecule is CC(C)(C)CC(=O)N1CCN(c2ccc3nncn3n2)CC1. The first-order valence-corrected chi connectivity index (χ1v) is 7.62. The second-order valence-electron chi connectivity index (χ2n) is 6.93. The van der Waals surface area contributed by atoms with E-state index in [1.165, 1.54) is 0 Å². The first-order valence-electron chi connectivity index (χ1n) is 7.62. The van der Waals surface area contributed by atoms with E-state index >= 15 is 0 Å². The number of anilines is 1. The summed E-state index contributed by atoms with van der Waals surface area (Å²) in [5.41, 5.74) is 0.776. The Morgan fingerprint density at radius 2 is 1.91 bits per heavy atom. The largest absolute Gasteiger partial charge is 0.352 e. The molecule has 0 N–H and O–H groups in total. The number of piperazine rings is 1. The number of carbonyl (C=O) groups excluding carboxylic acids is 1.